The van der Waals surface area contributed by atoms with Crippen LogP contribution in [0.25, 0.3) is 0 Å². The van der Waals surface area contributed by atoms with Crippen molar-refractivity contribution in [1.29, 1.82) is 0 Å². The Hall–Kier alpha value is -2.35. The van der Waals surface area contributed by atoms with E-state index in [1.807, 2.05) is 0 Å². The minimum atomic E-state index is -0.610. The van der Waals surface area contributed by atoms with Gasteiger partial charge in [0.15, 0.2) is 6.61 Å². The molecule has 0 unspecified atom stereocenters. The van der Waals surface area contributed by atoms with Gasteiger partial charge >= 0.3 is 0 Å². The molecule has 0 atom stereocenters. The van der Waals surface area contributed by atoms with Crippen molar-refractivity contribution < 1.29 is 14.5 Å². The Morgan fingerprint density at radius 3 is 2.72 bits per heavy atom. The lowest BCUT2D eigenvalue weighted by Crippen LogP contribution is -2.24. The Morgan fingerprint density at radius 1 is 1.24 bits per heavy atom. The van der Waals surface area contributed by atoms with Gasteiger partial charge in [-0.3, -0.25) is 14.9 Å². The summed E-state index contributed by atoms with van der Waals surface area (Å²) in [5, 5.41) is 15.0. The van der Waals surface area contributed by atoms with Crippen LogP contribution in [-0.2, 0) is 4.79 Å². The Labute approximate surface area is 157 Å². The maximum absolute atomic E-state index is 11.7. The average Bonchev–Trinajstić information content (AvgIpc) is 2.57. The number of nitrogens with one attached hydrogen (secondary N) is 1. The largest absolute Gasteiger partial charge is 0.482 e. The fraction of sp³-hybridized carbons (Fsp3) is 0.0667. The maximum atomic E-state index is 11.7. The van der Waals surface area contributed by atoms with Crippen LogP contribution in [0.3, 0.4) is 0 Å². The summed E-state index contributed by atoms with van der Waals surface area (Å²) < 4.78 is 5.24. The van der Waals surface area contributed by atoms with E-state index in [0.29, 0.717) is 10.6 Å². The van der Waals surface area contributed by atoms with E-state index >= 15 is 0 Å². The molecule has 0 heterocycles. The van der Waals surface area contributed by atoms with Crippen LogP contribution < -0.4 is 10.2 Å². The molecule has 1 N–H and O–H groups in total. The van der Waals surface area contributed by atoms with E-state index in [0.717, 1.165) is 0 Å². The first-order valence-corrected chi connectivity index (χ1v) is 7.84. The van der Waals surface area contributed by atoms with Gasteiger partial charge in [0.1, 0.15) is 15.8 Å². The SMILES string of the molecule is O=C(COc1cccc(Cl)c1Cl)N/N=C\c1ccc(Cl)c([N+](=O)[O-])c1. The highest BCUT2D eigenvalue weighted by molar-refractivity contribution is 6.42. The summed E-state index contributed by atoms with van der Waals surface area (Å²) in [7, 11) is 0. The van der Waals surface area contributed by atoms with Crippen molar-refractivity contribution in [2.24, 2.45) is 5.10 Å². The zero-order valence-corrected chi connectivity index (χ0v) is 14.7. The maximum Gasteiger partial charge on any atom is 0.288 e. The molecule has 25 heavy (non-hydrogen) atoms. The summed E-state index contributed by atoms with van der Waals surface area (Å²) in [6.45, 7) is -0.335. The van der Waals surface area contributed by atoms with Crippen LogP contribution in [0, 0.1) is 10.1 Å². The lowest BCUT2D eigenvalue weighted by Gasteiger charge is -2.07. The van der Waals surface area contributed by atoms with Crippen LogP contribution in [0.2, 0.25) is 15.1 Å². The molecule has 0 spiro atoms. The number of halogens is 3. The van der Waals surface area contributed by atoms with E-state index in [1.54, 1.807) is 18.2 Å². The molecule has 7 nitrogen and oxygen atoms in total. The zero-order valence-electron chi connectivity index (χ0n) is 12.4. The summed E-state index contributed by atoms with van der Waals surface area (Å²) in [6.07, 6.45) is 1.24. The topological polar surface area (TPSA) is 93.8 Å². The minimum Gasteiger partial charge on any atom is -0.482 e. The van der Waals surface area contributed by atoms with Crippen molar-refractivity contribution in [1.82, 2.24) is 5.43 Å². The normalized spacial score (nSPS) is 10.7. The third-order valence-electron chi connectivity index (χ3n) is 2.84. The highest BCUT2D eigenvalue weighted by Crippen LogP contribution is 2.31. The van der Waals surface area contributed by atoms with Gasteiger partial charge in [0.05, 0.1) is 16.2 Å². The quantitative estimate of drug-likeness (QED) is 0.447. The smallest absolute Gasteiger partial charge is 0.288 e. The Morgan fingerprint density at radius 2 is 2.00 bits per heavy atom. The number of nitrogens with zero attached hydrogens (tertiary/aromatic N) is 2. The molecule has 0 aliphatic carbocycles. The first-order chi connectivity index (χ1) is 11.9. The number of hydrazone groups is 1. The van der Waals surface area contributed by atoms with Crippen molar-refractivity contribution in [3.05, 3.63) is 67.1 Å². The predicted octanol–water partition coefficient (Wildman–Crippen LogP) is 4.08. The molecule has 0 radical (unpaired) electrons. The molecule has 130 valence electrons. The molecule has 0 bridgehead atoms. The number of amides is 1. The van der Waals surface area contributed by atoms with Gasteiger partial charge in [-0.1, -0.05) is 46.9 Å². The fourth-order valence-electron chi connectivity index (χ4n) is 1.70. The number of nitro benzene ring substituents is 1. The van der Waals surface area contributed by atoms with Crippen molar-refractivity contribution >= 4 is 52.6 Å². The number of carbonyl (C=O) groups excluding carboxylic acids is 1. The third kappa shape index (κ3) is 5.32. The average molecular weight is 403 g/mol. The molecule has 10 heteroatoms. The van der Waals surface area contributed by atoms with Crippen LogP contribution in [0.1, 0.15) is 5.56 Å². The summed E-state index contributed by atoms with van der Waals surface area (Å²) in [4.78, 5) is 21.9. The summed E-state index contributed by atoms with van der Waals surface area (Å²) in [6, 6.07) is 8.91. The van der Waals surface area contributed by atoms with Crippen molar-refractivity contribution in [2.75, 3.05) is 6.61 Å². The van der Waals surface area contributed by atoms with Gasteiger partial charge in [-0.05, 0) is 18.2 Å². The molecule has 2 aromatic carbocycles. The van der Waals surface area contributed by atoms with Gasteiger partial charge < -0.3 is 4.74 Å². The standard InChI is InChI=1S/C15H10Cl3N3O4/c16-10-5-4-9(6-12(10)21(23)24)7-19-20-14(22)8-25-13-3-1-2-11(17)15(13)18/h1-7H,8H2,(H,20,22)/b19-7-. The molecule has 0 fully saturated rings. The molecular weight excluding hydrogens is 393 g/mol. The number of hydrogen-bond acceptors (Lipinski definition) is 5. The molecule has 0 aliphatic rings. The number of hydrogen-bond donors (Lipinski definition) is 1. The monoisotopic (exact) mass is 401 g/mol. The van der Waals surface area contributed by atoms with Crippen LogP contribution in [0.15, 0.2) is 41.5 Å². The van der Waals surface area contributed by atoms with E-state index in [9.17, 15) is 14.9 Å². The van der Waals surface area contributed by atoms with E-state index in [4.69, 9.17) is 39.5 Å². The highest BCUT2D eigenvalue weighted by Gasteiger charge is 2.12. The third-order valence-corrected chi connectivity index (χ3v) is 3.97. The summed E-state index contributed by atoms with van der Waals surface area (Å²) in [5.41, 5.74) is 2.37. The molecule has 2 aromatic rings. The lowest BCUT2D eigenvalue weighted by molar-refractivity contribution is -0.384. The predicted molar refractivity (Wildman–Crippen MR) is 95.8 cm³/mol. The molecule has 0 saturated carbocycles. The summed E-state index contributed by atoms with van der Waals surface area (Å²) in [5.74, 6) is -0.280. The Bertz CT molecular complexity index is 843. The van der Waals surface area contributed by atoms with Gasteiger partial charge in [-0.2, -0.15) is 5.10 Å². The van der Waals surface area contributed by atoms with E-state index in [1.165, 1.54) is 24.4 Å². The lowest BCUT2D eigenvalue weighted by atomic mass is 10.2. The van der Waals surface area contributed by atoms with Crippen LogP contribution in [-0.4, -0.2) is 23.7 Å². The summed E-state index contributed by atoms with van der Waals surface area (Å²) >= 11 is 17.5. The molecule has 1 amide bonds. The van der Waals surface area contributed by atoms with Crippen molar-refractivity contribution in [3.8, 4) is 5.75 Å². The second kappa shape index (κ2) is 8.66. The Kier molecular flexibility index (Phi) is 6.58. The molecule has 2 rings (SSSR count). The number of benzene rings is 2. The molecule has 0 saturated heterocycles. The second-order valence-corrected chi connectivity index (χ2v) is 5.79. The van der Waals surface area contributed by atoms with E-state index in [2.05, 4.69) is 10.5 Å². The number of rotatable bonds is 6. The zero-order chi connectivity index (χ0) is 18.4. The van der Waals surface area contributed by atoms with Crippen molar-refractivity contribution in [2.45, 2.75) is 0 Å². The second-order valence-electron chi connectivity index (χ2n) is 4.60. The van der Waals surface area contributed by atoms with E-state index < -0.39 is 10.8 Å². The van der Waals surface area contributed by atoms with Crippen molar-refractivity contribution in [3.63, 3.8) is 0 Å². The van der Waals surface area contributed by atoms with Crippen LogP contribution in [0.4, 0.5) is 5.69 Å². The van der Waals surface area contributed by atoms with Crippen LogP contribution >= 0.6 is 34.8 Å². The first kappa shape index (κ1) is 19.0. The van der Waals surface area contributed by atoms with Gasteiger partial charge in [-0.25, -0.2) is 5.43 Å². The molecule has 0 aromatic heterocycles. The molecular formula is C15H10Cl3N3O4. The number of ether oxygens (including phenoxy) is 1. The molecule has 0 aliphatic heterocycles. The minimum absolute atomic E-state index is 0.0120. The fourth-order valence-corrected chi connectivity index (χ4v) is 2.23. The van der Waals surface area contributed by atoms with Gasteiger partial charge in [0.2, 0.25) is 0 Å². The van der Waals surface area contributed by atoms with Gasteiger partial charge in [-0.15, -0.1) is 0 Å². The highest BCUT2D eigenvalue weighted by atomic mass is 35.5. The number of nitro groups is 1. The van der Waals surface area contributed by atoms with E-state index in [-0.39, 0.29) is 28.1 Å². The van der Waals surface area contributed by atoms with Crippen LogP contribution in [0.5, 0.6) is 5.75 Å². The van der Waals surface area contributed by atoms with Gasteiger partial charge in [0.25, 0.3) is 11.6 Å². The van der Waals surface area contributed by atoms with Gasteiger partial charge in [0, 0.05) is 11.6 Å². The number of carbonyl (C=O) groups is 1. The first-order valence-electron chi connectivity index (χ1n) is 6.71. The Balaban J connectivity index is 1.91.